The minimum absolute atomic E-state index is 0.0143. The molecular weight excluding hydrogens is 444 g/mol. The number of aliphatic hydroxyl groups is 2. The fraction of sp³-hybridized carbons (Fsp3) is 0.552. The van der Waals surface area contributed by atoms with Crippen molar-refractivity contribution >= 4 is 17.2 Å². The number of allylic oxidation sites excluding steroid dienone is 3. The van der Waals surface area contributed by atoms with Crippen molar-refractivity contribution in [1.29, 1.82) is 0 Å². The second-order valence-electron chi connectivity index (χ2n) is 11.5. The highest BCUT2D eigenvalue weighted by Crippen LogP contribution is 2.66. The molecule has 1 aromatic carbocycles. The van der Waals surface area contributed by atoms with Crippen molar-refractivity contribution in [2.75, 3.05) is 0 Å². The van der Waals surface area contributed by atoms with Crippen LogP contribution in [0.15, 0.2) is 48.2 Å². The molecule has 5 heteroatoms. The molecule has 0 saturated heterocycles. The summed E-state index contributed by atoms with van der Waals surface area (Å²) in [5.74, 6) is 1.98. The van der Waals surface area contributed by atoms with Crippen molar-refractivity contribution in [3.8, 4) is 5.69 Å². The van der Waals surface area contributed by atoms with E-state index in [0.29, 0.717) is 22.8 Å². The molecule has 4 nitrogen and oxygen atoms in total. The van der Waals surface area contributed by atoms with Crippen molar-refractivity contribution < 1.29 is 10.2 Å². The third-order valence-electron chi connectivity index (χ3n) is 9.97. The van der Waals surface area contributed by atoms with Crippen LogP contribution in [0.25, 0.3) is 11.3 Å². The van der Waals surface area contributed by atoms with Gasteiger partial charge in [0, 0.05) is 16.8 Å². The standard InChI is InChI=1S/C29H35ClN2O2/c1-28-13-11-22(34)15-19(28)3-8-23-24-9-10-26(29(24,2)14-12-25(23)28)27-18(17-33)16-32(31-27)21-6-4-20(30)5-7-21/h3-7,10,16,22-25,33-34H,8-9,11-15,17H2,1-2H3/t22-,23-,24-,25-,28-,29-/m0/s1. The number of rotatable bonds is 3. The molecule has 2 N–H and O–H groups in total. The monoisotopic (exact) mass is 478 g/mol. The van der Waals surface area contributed by atoms with Gasteiger partial charge in [-0.2, -0.15) is 5.10 Å². The van der Waals surface area contributed by atoms with Crippen molar-refractivity contribution in [1.82, 2.24) is 9.78 Å². The maximum atomic E-state index is 10.3. The number of nitrogens with zero attached hydrogens (tertiary/aromatic N) is 2. The summed E-state index contributed by atoms with van der Waals surface area (Å²) in [5.41, 5.74) is 5.98. The summed E-state index contributed by atoms with van der Waals surface area (Å²) < 4.78 is 1.88. The van der Waals surface area contributed by atoms with E-state index in [9.17, 15) is 10.2 Å². The smallest absolute Gasteiger partial charge is 0.0944 e. The molecule has 0 unspecified atom stereocenters. The van der Waals surface area contributed by atoms with Crippen molar-refractivity contribution in [3.05, 3.63) is 64.5 Å². The molecule has 2 aromatic rings. The highest BCUT2D eigenvalue weighted by atomic mass is 35.5. The SMILES string of the molecule is C[C@]12CC[C@H](O)CC1=CC[C@@H]1[C@@H]2CC[C@]2(C)C(c3nn(-c4ccc(Cl)cc4)cc3CO)=CC[C@@H]12. The van der Waals surface area contributed by atoms with E-state index in [2.05, 4.69) is 26.0 Å². The van der Waals surface area contributed by atoms with Crippen LogP contribution in [-0.2, 0) is 6.61 Å². The van der Waals surface area contributed by atoms with Gasteiger partial charge in [0.1, 0.15) is 0 Å². The molecule has 0 radical (unpaired) electrons. The van der Waals surface area contributed by atoms with Gasteiger partial charge in [-0.15, -0.1) is 0 Å². The van der Waals surface area contributed by atoms with Crippen LogP contribution in [-0.4, -0.2) is 26.1 Å². The normalized spacial score (nSPS) is 36.9. The number of fused-ring (bicyclic) bond motifs is 5. The molecule has 6 atom stereocenters. The zero-order chi connectivity index (χ0) is 23.7. The number of benzene rings is 1. The summed E-state index contributed by atoms with van der Waals surface area (Å²) in [6.07, 6.45) is 14.3. The first kappa shape index (κ1) is 22.6. The van der Waals surface area contributed by atoms with E-state index in [1.807, 2.05) is 35.1 Å². The Hall–Kier alpha value is -1.88. The molecule has 1 heterocycles. The Morgan fingerprint density at radius 3 is 2.56 bits per heavy atom. The lowest BCUT2D eigenvalue weighted by Crippen LogP contribution is -2.49. The Labute approximate surface area is 207 Å². The van der Waals surface area contributed by atoms with Crippen LogP contribution in [0, 0.1) is 28.6 Å². The second kappa shape index (κ2) is 8.08. The maximum absolute atomic E-state index is 10.3. The van der Waals surface area contributed by atoms with Crippen LogP contribution in [0.1, 0.15) is 70.1 Å². The first-order valence-corrected chi connectivity index (χ1v) is 13.3. The van der Waals surface area contributed by atoms with Crippen LogP contribution in [0.2, 0.25) is 5.02 Å². The largest absolute Gasteiger partial charge is 0.393 e. The Balaban J connectivity index is 1.33. The molecule has 1 aromatic heterocycles. The third-order valence-corrected chi connectivity index (χ3v) is 10.2. The molecule has 2 fully saturated rings. The van der Waals surface area contributed by atoms with Gasteiger partial charge < -0.3 is 10.2 Å². The Morgan fingerprint density at radius 1 is 1.03 bits per heavy atom. The van der Waals surface area contributed by atoms with Gasteiger partial charge in [0.25, 0.3) is 0 Å². The molecule has 0 spiro atoms. The zero-order valence-electron chi connectivity index (χ0n) is 20.2. The fourth-order valence-corrected chi connectivity index (χ4v) is 8.18. The van der Waals surface area contributed by atoms with Gasteiger partial charge in [0.2, 0.25) is 0 Å². The number of hydrogen-bond donors (Lipinski definition) is 2. The molecule has 4 aliphatic carbocycles. The van der Waals surface area contributed by atoms with E-state index >= 15 is 0 Å². The van der Waals surface area contributed by atoms with E-state index in [4.69, 9.17) is 16.7 Å². The van der Waals surface area contributed by atoms with Gasteiger partial charge in [0.05, 0.1) is 24.1 Å². The van der Waals surface area contributed by atoms with Crippen LogP contribution in [0.4, 0.5) is 0 Å². The molecule has 180 valence electrons. The van der Waals surface area contributed by atoms with E-state index in [1.165, 1.54) is 17.6 Å². The molecule has 0 amide bonds. The van der Waals surface area contributed by atoms with Crippen LogP contribution < -0.4 is 0 Å². The summed E-state index contributed by atoms with van der Waals surface area (Å²) in [6, 6.07) is 7.68. The maximum Gasteiger partial charge on any atom is 0.0944 e. The van der Waals surface area contributed by atoms with E-state index in [-0.39, 0.29) is 23.5 Å². The lowest BCUT2D eigenvalue weighted by molar-refractivity contribution is -0.0239. The average Bonchev–Trinajstić information content (AvgIpc) is 3.40. The van der Waals surface area contributed by atoms with Gasteiger partial charge in [-0.3, -0.25) is 0 Å². The summed E-state index contributed by atoms with van der Waals surface area (Å²) in [6.45, 7) is 4.91. The number of hydrogen-bond acceptors (Lipinski definition) is 3. The van der Waals surface area contributed by atoms with Crippen LogP contribution in [0.5, 0.6) is 0 Å². The molecule has 2 saturated carbocycles. The van der Waals surface area contributed by atoms with E-state index < -0.39 is 0 Å². The van der Waals surface area contributed by atoms with Gasteiger partial charge >= 0.3 is 0 Å². The predicted octanol–water partition coefficient (Wildman–Crippen LogP) is 6.34. The quantitative estimate of drug-likeness (QED) is 0.506. The summed E-state index contributed by atoms with van der Waals surface area (Å²) >= 11 is 6.08. The zero-order valence-corrected chi connectivity index (χ0v) is 20.9. The van der Waals surface area contributed by atoms with Crippen LogP contribution >= 0.6 is 11.6 Å². The summed E-state index contributed by atoms with van der Waals surface area (Å²) in [7, 11) is 0. The molecule has 4 aliphatic rings. The summed E-state index contributed by atoms with van der Waals surface area (Å²) in [4.78, 5) is 0. The third kappa shape index (κ3) is 3.29. The topological polar surface area (TPSA) is 58.3 Å². The number of aromatic nitrogens is 2. The molecule has 0 bridgehead atoms. The Kier molecular flexibility index (Phi) is 5.36. The van der Waals surface area contributed by atoms with Crippen molar-refractivity contribution in [2.24, 2.45) is 28.6 Å². The van der Waals surface area contributed by atoms with E-state index in [0.717, 1.165) is 55.5 Å². The fourth-order valence-electron chi connectivity index (χ4n) is 8.05. The number of aliphatic hydroxyl groups excluding tert-OH is 2. The van der Waals surface area contributed by atoms with Gasteiger partial charge in [-0.05, 0) is 103 Å². The highest BCUT2D eigenvalue weighted by molar-refractivity contribution is 6.30. The Morgan fingerprint density at radius 2 is 1.79 bits per heavy atom. The average molecular weight is 479 g/mol. The highest BCUT2D eigenvalue weighted by Gasteiger charge is 2.57. The first-order chi connectivity index (χ1) is 16.3. The molecule has 34 heavy (non-hydrogen) atoms. The van der Waals surface area contributed by atoms with Gasteiger partial charge in [-0.1, -0.05) is 43.2 Å². The van der Waals surface area contributed by atoms with Crippen molar-refractivity contribution in [2.45, 2.75) is 71.5 Å². The Bertz CT molecular complexity index is 1170. The lowest BCUT2D eigenvalue weighted by Gasteiger charge is -2.57. The van der Waals surface area contributed by atoms with E-state index in [1.54, 1.807) is 0 Å². The second-order valence-corrected chi connectivity index (χ2v) is 12.0. The predicted molar refractivity (Wildman–Crippen MR) is 136 cm³/mol. The number of halogens is 1. The molecular formula is C29H35ClN2O2. The molecule has 0 aliphatic heterocycles. The minimum Gasteiger partial charge on any atom is -0.393 e. The molecule has 6 rings (SSSR count). The van der Waals surface area contributed by atoms with Crippen molar-refractivity contribution in [3.63, 3.8) is 0 Å². The van der Waals surface area contributed by atoms with Gasteiger partial charge in [0.15, 0.2) is 0 Å². The summed E-state index contributed by atoms with van der Waals surface area (Å²) in [5, 5.41) is 26.2. The lowest BCUT2D eigenvalue weighted by atomic mass is 9.47. The van der Waals surface area contributed by atoms with Gasteiger partial charge in [-0.25, -0.2) is 4.68 Å². The minimum atomic E-state index is -0.155. The van der Waals surface area contributed by atoms with Crippen LogP contribution in [0.3, 0.4) is 0 Å². The first-order valence-electron chi connectivity index (χ1n) is 12.9.